The second-order valence-corrected chi connectivity index (χ2v) is 5.75. The molecular weight excluding hydrogens is 328 g/mol. The smallest absolute Gasteiger partial charge is 0.195 e. The van der Waals surface area contributed by atoms with E-state index >= 15 is 0 Å². The maximum Gasteiger partial charge on any atom is 0.195 e. The molecule has 0 atom stereocenters. The fraction of sp³-hybridized carbons (Fsp3) is 0.0556. The average Bonchev–Trinajstić information content (AvgIpc) is 2.92. The second kappa shape index (κ2) is 6.29. The quantitative estimate of drug-likeness (QED) is 0.317. The van der Waals surface area contributed by atoms with Crippen LogP contribution in [0.1, 0.15) is 26.4 Å². The largest absolute Gasteiger partial charge is 0.619 e. The summed E-state index contributed by atoms with van der Waals surface area (Å²) in [5, 5.41) is 11.7. The lowest BCUT2D eigenvalue weighted by Gasteiger charge is -2.06. The molecule has 3 rings (SSSR count). The van der Waals surface area contributed by atoms with Crippen LogP contribution < -0.4 is 4.73 Å². The van der Waals surface area contributed by atoms with Gasteiger partial charge in [-0.25, -0.2) is 0 Å². The first kappa shape index (κ1) is 16.0. The summed E-state index contributed by atoms with van der Waals surface area (Å²) in [4.78, 5) is 24.3. The van der Waals surface area contributed by atoms with Crippen LogP contribution >= 0.6 is 11.6 Å². The van der Waals surface area contributed by atoms with E-state index in [4.69, 9.17) is 11.6 Å². The SMILES string of the molecule is Cn1cc(C(=O)c2cc[n+]([O-])cc2)c(-c2ccc(Cl)cc2)c1C=O. The van der Waals surface area contributed by atoms with Crippen molar-refractivity contribution in [3.05, 3.63) is 82.0 Å². The van der Waals surface area contributed by atoms with Crippen molar-refractivity contribution in [2.75, 3.05) is 0 Å². The molecule has 1 aromatic carbocycles. The van der Waals surface area contributed by atoms with Crippen molar-refractivity contribution >= 4 is 23.7 Å². The zero-order chi connectivity index (χ0) is 17.3. The molecule has 5 nitrogen and oxygen atoms in total. The van der Waals surface area contributed by atoms with Crippen LogP contribution in [-0.2, 0) is 7.05 Å². The molecule has 0 amide bonds. The number of ketones is 1. The van der Waals surface area contributed by atoms with E-state index in [-0.39, 0.29) is 5.78 Å². The summed E-state index contributed by atoms with van der Waals surface area (Å²) in [7, 11) is 1.70. The average molecular weight is 341 g/mol. The van der Waals surface area contributed by atoms with Crippen LogP contribution in [0.15, 0.2) is 55.0 Å². The summed E-state index contributed by atoms with van der Waals surface area (Å²) < 4.78 is 2.22. The van der Waals surface area contributed by atoms with Gasteiger partial charge in [-0.2, -0.15) is 4.73 Å². The molecule has 0 radical (unpaired) electrons. The summed E-state index contributed by atoms with van der Waals surface area (Å²) in [5.74, 6) is -0.260. The molecule has 0 aliphatic carbocycles. The molecule has 0 N–H and O–H groups in total. The molecule has 24 heavy (non-hydrogen) atoms. The summed E-state index contributed by atoms with van der Waals surface area (Å²) >= 11 is 5.92. The molecule has 3 aromatic rings. The van der Waals surface area contributed by atoms with Crippen molar-refractivity contribution in [3.63, 3.8) is 0 Å². The van der Waals surface area contributed by atoms with Crippen molar-refractivity contribution in [1.29, 1.82) is 0 Å². The number of halogens is 1. The van der Waals surface area contributed by atoms with Gasteiger partial charge in [0.25, 0.3) is 0 Å². The van der Waals surface area contributed by atoms with Gasteiger partial charge in [0.1, 0.15) is 0 Å². The van der Waals surface area contributed by atoms with Gasteiger partial charge in [0.15, 0.2) is 24.5 Å². The first-order valence-corrected chi connectivity index (χ1v) is 7.53. The Morgan fingerprint density at radius 3 is 2.38 bits per heavy atom. The lowest BCUT2D eigenvalue weighted by atomic mass is 9.96. The van der Waals surface area contributed by atoms with E-state index in [1.807, 2.05) is 0 Å². The van der Waals surface area contributed by atoms with Crippen molar-refractivity contribution in [2.24, 2.45) is 7.05 Å². The highest BCUT2D eigenvalue weighted by molar-refractivity contribution is 6.30. The van der Waals surface area contributed by atoms with E-state index in [1.165, 1.54) is 24.5 Å². The topological polar surface area (TPSA) is 66.0 Å². The van der Waals surface area contributed by atoms with Gasteiger partial charge in [-0.15, -0.1) is 0 Å². The molecule has 2 aromatic heterocycles. The van der Waals surface area contributed by atoms with Gasteiger partial charge in [-0.05, 0) is 17.7 Å². The van der Waals surface area contributed by atoms with Crippen LogP contribution in [0, 0.1) is 5.21 Å². The molecule has 2 heterocycles. The Morgan fingerprint density at radius 1 is 1.17 bits per heavy atom. The van der Waals surface area contributed by atoms with Gasteiger partial charge < -0.3 is 9.77 Å². The number of aldehydes is 1. The number of pyridine rings is 1. The summed E-state index contributed by atoms with van der Waals surface area (Å²) in [6, 6.07) is 9.84. The van der Waals surface area contributed by atoms with E-state index < -0.39 is 0 Å². The number of carbonyl (C=O) groups excluding carboxylic acids is 2. The normalized spacial score (nSPS) is 10.6. The molecule has 0 aliphatic rings. The van der Waals surface area contributed by atoms with Crippen molar-refractivity contribution in [2.45, 2.75) is 0 Å². The molecule has 0 fully saturated rings. The Morgan fingerprint density at radius 2 is 1.79 bits per heavy atom. The molecular formula is C18H13ClN2O3. The van der Waals surface area contributed by atoms with E-state index in [2.05, 4.69) is 0 Å². The Kier molecular flexibility index (Phi) is 4.18. The predicted octanol–water partition coefficient (Wildman–Crippen LogP) is 3.02. The predicted molar refractivity (Wildman–Crippen MR) is 90.1 cm³/mol. The van der Waals surface area contributed by atoms with Gasteiger partial charge in [0, 0.05) is 47.1 Å². The molecule has 0 bridgehead atoms. The van der Waals surface area contributed by atoms with Gasteiger partial charge in [-0.3, -0.25) is 9.59 Å². The first-order chi connectivity index (χ1) is 11.5. The van der Waals surface area contributed by atoms with Crippen molar-refractivity contribution in [3.8, 4) is 11.1 Å². The zero-order valence-corrected chi connectivity index (χ0v) is 13.5. The number of benzene rings is 1. The van der Waals surface area contributed by atoms with E-state index in [0.717, 1.165) is 11.8 Å². The number of hydrogen-bond donors (Lipinski definition) is 0. The van der Waals surface area contributed by atoms with Crippen LogP contribution in [0.2, 0.25) is 5.02 Å². The number of hydrogen-bond acceptors (Lipinski definition) is 3. The van der Waals surface area contributed by atoms with Crippen LogP contribution in [0.3, 0.4) is 0 Å². The number of rotatable bonds is 4. The second-order valence-electron chi connectivity index (χ2n) is 5.31. The van der Waals surface area contributed by atoms with E-state index in [1.54, 1.807) is 42.1 Å². The monoisotopic (exact) mass is 340 g/mol. The first-order valence-electron chi connectivity index (χ1n) is 7.15. The number of aryl methyl sites for hydroxylation is 1. The standard InChI is InChI=1S/C18H13ClN2O3/c1-20-10-15(18(23)13-6-8-21(24)9-7-13)17(16(20)11-22)12-2-4-14(19)5-3-12/h2-11H,1H3. The molecule has 0 aliphatic heterocycles. The zero-order valence-electron chi connectivity index (χ0n) is 12.8. The molecule has 0 saturated carbocycles. The van der Waals surface area contributed by atoms with E-state index in [0.29, 0.717) is 32.1 Å². The highest BCUT2D eigenvalue weighted by Crippen LogP contribution is 2.31. The fourth-order valence-electron chi connectivity index (χ4n) is 2.60. The molecule has 0 spiro atoms. The molecule has 120 valence electrons. The Hall–Kier alpha value is -2.92. The summed E-state index contributed by atoms with van der Waals surface area (Å²) in [6.07, 6.45) is 4.86. The summed E-state index contributed by atoms with van der Waals surface area (Å²) in [6.45, 7) is 0. The van der Waals surface area contributed by atoms with Crippen LogP contribution in [-0.4, -0.2) is 16.6 Å². The van der Waals surface area contributed by atoms with Gasteiger partial charge in [0.2, 0.25) is 0 Å². The van der Waals surface area contributed by atoms with Gasteiger partial charge >= 0.3 is 0 Å². The summed E-state index contributed by atoms with van der Waals surface area (Å²) in [5.41, 5.74) is 2.44. The maximum atomic E-state index is 12.8. The van der Waals surface area contributed by atoms with E-state index in [9.17, 15) is 14.8 Å². The Balaban J connectivity index is 2.17. The molecule has 6 heteroatoms. The van der Waals surface area contributed by atoms with Gasteiger partial charge in [-0.1, -0.05) is 23.7 Å². The van der Waals surface area contributed by atoms with Crippen molar-refractivity contribution in [1.82, 2.24) is 4.57 Å². The van der Waals surface area contributed by atoms with Crippen LogP contribution in [0.5, 0.6) is 0 Å². The molecule has 0 unspecified atom stereocenters. The number of nitrogens with zero attached hydrogens (tertiary/aromatic N) is 2. The van der Waals surface area contributed by atoms with Gasteiger partial charge in [0.05, 0.1) is 5.69 Å². The lowest BCUT2D eigenvalue weighted by molar-refractivity contribution is -0.605. The maximum absolute atomic E-state index is 12.8. The third-order valence-corrected chi connectivity index (χ3v) is 4.03. The third kappa shape index (κ3) is 2.81. The Labute approximate surface area is 143 Å². The highest BCUT2D eigenvalue weighted by Gasteiger charge is 2.22. The highest BCUT2D eigenvalue weighted by atomic mass is 35.5. The Bertz CT molecular complexity index is 913. The third-order valence-electron chi connectivity index (χ3n) is 3.78. The minimum atomic E-state index is -0.260. The van der Waals surface area contributed by atoms with Crippen LogP contribution in [0.25, 0.3) is 11.1 Å². The molecule has 0 saturated heterocycles. The number of carbonyl (C=O) groups is 2. The lowest BCUT2D eigenvalue weighted by Crippen LogP contribution is -2.24. The minimum absolute atomic E-state index is 0.260. The number of aromatic nitrogens is 2. The van der Waals surface area contributed by atoms with Crippen molar-refractivity contribution < 1.29 is 14.3 Å². The fourth-order valence-corrected chi connectivity index (χ4v) is 2.72. The van der Waals surface area contributed by atoms with Crippen LogP contribution in [0.4, 0.5) is 0 Å². The minimum Gasteiger partial charge on any atom is -0.619 e.